The second-order valence-electron chi connectivity index (χ2n) is 10.1. The molecular formula is C27H34BrN3O5. The maximum Gasteiger partial charge on any atom is 0.246 e. The average molecular weight is 560 g/mol. The predicted octanol–water partition coefficient (Wildman–Crippen LogP) is 3.41. The molecule has 2 bridgehead atoms. The van der Waals surface area contributed by atoms with Crippen LogP contribution in [0.2, 0.25) is 0 Å². The minimum Gasteiger partial charge on any atom is -0.382 e. The lowest BCUT2D eigenvalue weighted by Gasteiger charge is -2.34. The Bertz CT molecular complexity index is 1020. The van der Waals surface area contributed by atoms with Gasteiger partial charge in [-0.25, -0.2) is 0 Å². The van der Waals surface area contributed by atoms with Crippen LogP contribution in [-0.4, -0.2) is 66.2 Å². The van der Waals surface area contributed by atoms with E-state index in [1.54, 1.807) is 17.0 Å². The molecule has 3 heterocycles. The molecule has 0 aromatic heterocycles. The molecule has 5 atom stereocenters. The van der Waals surface area contributed by atoms with Crippen LogP contribution in [0, 0.1) is 11.8 Å². The van der Waals surface area contributed by atoms with E-state index in [0.29, 0.717) is 31.9 Å². The van der Waals surface area contributed by atoms with Crippen molar-refractivity contribution in [1.29, 1.82) is 0 Å². The molecule has 1 spiro atoms. The largest absolute Gasteiger partial charge is 0.382 e. The zero-order valence-electron chi connectivity index (χ0n) is 20.6. The first-order valence-electron chi connectivity index (χ1n) is 13.1. The highest BCUT2D eigenvalue weighted by Gasteiger charge is 2.72. The maximum atomic E-state index is 13.9. The molecule has 1 aromatic carbocycles. The summed E-state index contributed by atoms with van der Waals surface area (Å²) in [5, 5.41) is 6.15. The van der Waals surface area contributed by atoms with Crippen molar-refractivity contribution in [3.8, 4) is 0 Å². The van der Waals surface area contributed by atoms with E-state index in [-0.39, 0.29) is 23.8 Å². The highest BCUT2D eigenvalue weighted by Crippen LogP contribution is 2.55. The Morgan fingerprint density at radius 2 is 1.92 bits per heavy atom. The van der Waals surface area contributed by atoms with Gasteiger partial charge in [-0.05, 0) is 50.5 Å². The SMILES string of the molecule is CCOCCCN1C(=O)[C@H]2[C@H](C(=O)Nc3ccc(Br)cc3)[C@H]3C=C[C@@]2(O3)[C@H]1C(=O)NC1CCCCC1. The summed E-state index contributed by atoms with van der Waals surface area (Å²) in [7, 11) is 0. The van der Waals surface area contributed by atoms with Crippen molar-refractivity contribution in [2.75, 3.05) is 25.1 Å². The number of hydrogen-bond donors (Lipinski definition) is 2. The number of halogens is 1. The monoisotopic (exact) mass is 559 g/mol. The topological polar surface area (TPSA) is 97.0 Å². The normalized spacial score (nSPS) is 31.1. The third-order valence-electron chi connectivity index (χ3n) is 7.88. The van der Waals surface area contributed by atoms with Crippen LogP contribution in [-0.2, 0) is 23.9 Å². The van der Waals surface area contributed by atoms with Gasteiger partial charge in [0, 0.05) is 36.0 Å². The summed E-state index contributed by atoms with van der Waals surface area (Å²) in [6, 6.07) is 6.62. The molecule has 1 saturated carbocycles. The van der Waals surface area contributed by atoms with E-state index in [4.69, 9.17) is 9.47 Å². The number of rotatable bonds is 9. The molecule has 8 nitrogen and oxygen atoms in total. The van der Waals surface area contributed by atoms with Gasteiger partial charge in [-0.3, -0.25) is 14.4 Å². The molecule has 4 aliphatic rings. The molecule has 194 valence electrons. The number of likely N-dealkylation sites (tertiary alicyclic amines) is 1. The Kier molecular flexibility index (Phi) is 7.51. The Balaban J connectivity index is 1.40. The summed E-state index contributed by atoms with van der Waals surface area (Å²) in [6.45, 7) is 3.40. The summed E-state index contributed by atoms with van der Waals surface area (Å²) in [5.41, 5.74) is -0.483. The molecular weight excluding hydrogens is 526 g/mol. The van der Waals surface area contributed by atoms with E-state index >= 15 is 0 Å². The molecule has 3 fully saturated rings. The second kappa shape index (κ2) is 10.6. The molecule has 2 saturated heterocycles. The van der Waals surface area contributed by atoms with E-state index in [2.05, 4.69) is 26.6 Å². The highest BCUT2D eigenvalue weighted by molar-refractivity contribution is 9.10. The van der Waals surface area contributed by atoms with Gasteiger partial charge in [-0.1, -0.05) is 47.3 Å². The first-order chi connectivity index (χ1) is 17.4. The predicted molar refractivity (Wildman–Crippen MR) is 138 cm³/mol. The second-order valence-corrected chi connectivity index (χ2v) is 11.0. The number of fused-ring (bicyclic) bond motifs is 1. The van der Waals surface area contributed by atoms with Crippen LogP contribution < -0.4 is 10.6 Å². The van der Waals surface area contributed by atoms with E-state index < -0.39 is 29.6 Å². The third-order valence-corrected chi connectivity index (χ3v) is 8.41. The van der Waals surface area contributed by atoms with Gasteiger partial charge in [-0.2, -0.15) is 0 Å². The van der Waals surface area contributed by atoms with Crippen molar-refractivity contribution >= 4 is 39.3 Å². The number of amides is 3. The summed E-state index contributed by atoms with van der Waals surface area (Å²) in [6.07, 6.45) is 9.05. The average Bonchev–Trinajstić information content (AvgIpc) is 3.51. The highest BCUT2D eigenvalue weighted by atomic mass is 79.9. The fraction of sp³-hybridized carbons (Fsp3) is 0.593. The Hall–Kier alpha value is -2.23. The zero-order chi connectivity index (χ0) is 25.3. The summed E-state index contributed by atoms with van der Waals surface area (Å²) in [4.78, 5) is 42.7. The van der Waals surface area contributed by atoms with Gasteiger partial charge in [0.05, 0.1) is 17.9 Å². The van der Waals surface area contributed by atoms with Gasteiger partial charge in [-0.15, -0.1) is 0 Å². The van der Waals surface area contributed by atoms with Crippen LogP contribution in [0.25, 0.3) is 0 Å². The van der Waals surface area contributed by atoms with Crippen molar-refractivity contribution in [1.82, 2.24) is 10.2 Å². The minimum atomic E-state index is -1.13. The number of carbonyl (C=O) groups is 3. The molecule has 36 heavy (non-hydrogen) atoms. The van der Waals surface area contributed by atoms with Gasteiger partial charge >= 0.3 is 0 Å². The van der Waals surface area contributed by atoms with E-state index in [9.17, 15) is 14.4 Å². The van der Waals surface area contributed by atoms with Crippen LogP contribution in [0.5, 0.6) is 0 Å². The lowest BCUT2D eigenvalue weighted by Crippen LogP contribution is -2.56. The fourth-order valence-corrected chi connectivity index (χ4v) is 6.54. The van der Waals surface area contributed by atoms with Crippen molar-refractivity contribution in [3.63, 3.8) is 0 Å². The van der Waals surface area contributed by atoms with Gasteiger partial charge in [0.25, 0.3) is 0 Å². The first-order valence-corrected chi connectivity index (χ1v) is 13.9. The fourth-order valence-electron chi connectivity index (χ4n) is 6.27. The number of carbonyl (C=O) groups excluding carboxylic acids is 3. The van der Waals surface area contributed by atoms with Crippen LogP contribution >= 0.6 is 15.9 Å². The van der Waals surface area contributed by atoms with Crippen LogP contribution in [0.3, 0.4) is 0 Å². The molecule has 9 heteroatoms. The maximum absolute atomic E-state index is 13.9. The summed E-state index contributed by atoms with van der Waals surface area (Å²) >= 11 is 3.40. The Morgan fingerprint density at radius 1 is 1.17 bits per heavy atom. The Morgan fingerprint density at radius 3 is 2.64 bits per heavy atom. The lowest BCUT2D eigenvalue weighted by molar-refractivity contribution is -0.141. The molecule has 3 amide bonds. The van der Waals surface area contributed by atoms with E-state index in [1.807, 2.05) is 31.2 Å². The van der Waals surface area contributed by atoms with Gasteiger partial charge < -0.3 is 25.0 Å². The lowest BCUT2D eigenvalue weighted by atomic mass is 9.74. The molecule has 1 aromatic rings. The molecule has 0 radical (unpaired) electrons. The molecule has 0 unspecified atom stereocenters. The number of anilines is 1. The zero-order valence-corrected chi connectivity index (χ0v) is 22.2. The van der Waals surface area contributed by atoms with Crippen molar-refractivity contribution in [2.24, 2.45) is 11.8 Å². The first kappa shape index (κ1) is 25.4. The molecule has 5 rings (SSSR count). The van der Waals surface area contributed by atoms with Crippen LogP contribution in [0.15, 0.2) is 40.9 Å². The Labute approximate surface area is 220 Å². The smallest absolute Gasteiger partial charge is 0.246 e. The van der Waals surface area contributed by atoms with Crippen molar-refractivity contribution in [2.45, 2.75) is 69.2 Å². The minimum absolute atomic E-state index is 0.112. The van der Waals surface area contributed by atoms with Gasteiger partial charge in [0.15, 0.2) is 0 Å². The van der Waals surface area contributed by atoms with E-state index in [1.165, 1.54) is 6.42 Å². The van der Waals surface area contributed by atoms with Crippen molar-refractivity contribution < 1.29 is 23.9 Å². The van der Waals surface area contributed by atoms with Gasteiger partial charge in [0.1, 0.15) is 11.6 Å². The standard InChI is InChI=1S/C27H34BrN3O5/c1-2-35-16-6-15-31-23(25(33)30-18-7-4-3-5-8-18)27-14-13-20(36-27)21(22(27)26(31)34)24(32)29-19-11-9-17(28)10-12-19/h9-14,18,20-23H,2-8,15-16H2,1H3,(H,29,32)(H,30,33)/t20-,21-,22-,23-,27+/m1/s1. The van der Waals surface area contributed by atoms with Crippen LogP contribution in [0.1, 0.15) is 45.4 Å². The van der Waals surface area contributed by atoms with Crippen molar-refractivity contribution in [3.05, 3.63) is 40.9 Å². The third kappa shape index (κ3) is 4.61. The number of nitrogens with zero attached hydrogens (tertiary/aromatic N) is 1. The number of benzene rings is 1. The van der Waals surface area contributed by atoms with E-state index in [0.717, 1.165) is 30.2 Å². The summed E-state index contributed by atoms with van der Waals surface area (Å²) < 4.78 is 12.8. The van der Waals surface area contributed by atoms with Gasteiger partial charge in [0.2, 0.25) is 17.7 Å². The molecule has 3 aliphatic heterocycles. The molecule has 1 aliphatic carbocycles. The summed E-state index contributed by atoms with van der Waals surface area (Å²) in [5.74, 6) is -2.09. The van der Waals surface area contributed by atoms with Crippen LogP contribution in [0.4, 0.5) is 5.69 Å². The number of nitrogens with one attached hydrogen (secondary N) is 2. The quantitative estimate of drug-likeness (QED) is 0.357. The number of ether oxygens (including phenoxy) is 2. The molecule has 2 N–H and O–H groups in total. The number of hydrogen-bond acceptors (Lipinski definition) is 5.